The Morgan fingerprint density at radius 1 is 0.943 bits per heavy atom. The van der Waals surface area contributed by atoms with Gasteiger partial charge in [-0.25, -0.2) is 0 Å². The van der Waals surface area contributed by atoms with Crippen molar-refractivity contribution in [1.82, 2.24) is 4.90 Å². The van der Waals surface area contributed by atoms with E-state index in [-0.39, 0.29) is 17.2 Å². The van der Waals surface area contributed by atoms with Gasteiger partial charge in [0.05, 0.1) is 18.2 Å². The topological polar surface area (TPSA) is 32.7 Å². The predicted octanol–water partition coefficient (Wildman–Crippen LogP) is 5.60. The van der Waals surface area contributed by atoms with Gasteiger partial charge in [-0.3, -0.25) is 4.90 Å². The fourth-order valence-electron chi connectivity index (χ4n) is 6.11. The van der Waals surface area contributed by atoms with Gasteiger partial charge in [-0.1, -0.05) is 105 Å². The molecule has 1 fully saturated rings. The second kappa shape index (κ2) is 9.66. The van der Waals surface area contributed by atoms with E-state index in [1.807, 2.05) is 6.07 Å². The van der Waals surface area contributed by atoms with Gasteiger partial charge in [-0.15, -0.1) is 0 Å². The van der Waals surface area contributed by atoms with E-state index in [1.54, 1.807) is 6.07 Å². The van der Waals surface area contributed by atoms with E-state index in [0.717, 1.165) is 30.6 Å². The molecule has 0 spiro atoms. The number of rotatable bonds is 5. The lowest BCUT2D eigenvalue weighted by molar-refractivity contribution is 0.0672. The molecule has 0 radical (unpaired) electrons. The Labute approximate surface area is 219 Å². The summed E-state index contributed by atoms with van der Waals surface area (Å²) in [6, 6.07) is 25.2. The van der Waals surface area contributed by atoms with E-state index in [2.05, 4.69) is 86.3 Å². The molecule has 1 unspecified atom stereocenters. The lowest BCUT2D eigenvalue weighted by Gasteiger charge is -2.44. The summed E-state index contributed by atoms with van der Waals surface area (Å²) < 4.78 is 7.36. The number of aliphatic hydroxyl groups is 1. The summed E-state index contributed by atoms with van der Waals surface area (Å²) in [7, 11) is -2.62. The highest BCUT2D eigenvalue weighted by Gasteiger charge is 2.52. The summed E-state index contributed by atoms with van der Waals surface area (Å²) in [5.74, 6) is 0. The van der Waals surface area contributed by atoms with E-state index >= 15 is 0 Å². The summed E-state index contributed by atoms with van der Waals surface area (Å²) in [4.78, 5) is 2.37. The Morgan fingerprint density at radius 3 is 2.11 bits per heavy atom. The molecule has 1 aliphatic heterocycles. The van der Waals surface area contributed by atoms with Crippen LogP contribution in [0.3, 0.4) is 0 Å². The van der Waals surface area contributed by atoms with Gasteiger partial charge in [0, 0.05) is 29.6 Å². The molecule has 1 N–H and O–H groups in total. The normalized spacial score (nSPS) is 23.0. The molecule has 0 bridgehead atoms. The SMILES string of the molecule is CC(C)(C)[Si](OC1CCN([C@@H]2c3cc(Cl)cc(Cl)c3C[C@H]2O)C1)(c1ccccc1)c1ccccc1. The smallest absolute Gasteiger partial charge is 0.261 e. The zero-order valence-corrected chi connectivity index (χ0v) is 23.1. The van der Waals surface area contributed by atoms with Crippen molar-refractivity contribution in [3.63, 3.8) is 0 Å². The van der Waals surface area contributed by atoms with Crippen LogP contribution in [0, 0.1) is 0 Å². The Bertz CT molecular complexity index is 1140. The molecule has 3 aromatic carbocycles. The van der Waals surface area contributed by atoms with E-state index in [4.69, 9.17) is 27.6 Å². The maximum Gasteiger partial charge on any atom is 0.261 e. The van der Waals surface area contributed by atoms with Gasteiger partial charge in [0.15, 0.2) is 0 Å². The lowest BCUT2D eigenvalue weighted by Crippen LogP contribution is -2.67. The number of hydrogen-bond acceptors (Lipinski definition) is 3. The van der Waals surface area contributed by atoms with Gasteiger partial charge in [0.25, 0.3) is 8.32 Å². The average Bonchev–Trinajstić information content (AvgIpc) is 3.41. The van der Waals surface area contributed by atoms with Crippen molar-refractivity contribution < 1.29 is 9.53 Å². The Morgan fingerprint density at radius 2 is 1.54 bits per heavy atom. The largest absolute Gasteiger partial charge is 0.403 e. The molecule has 2 aliphatic rings. The van der Waals surface area contributed by atoms with Crippen LogP contribution in [-0.2, 0) is 10.8 Å². The molecule has 35 heavy (non-hydrogen) atoms. The average molecular weight is 527 g/mol. The van der Waals surface area contributed by atoms with Gasteiger partial charge in [0.2, 0.25) is 0 Å². The van der Waals surface area contributed by atoms with Gasteiger partial charge in [0.1, 0.15) is 0 Å². The number of fused-ring (bicyclic) bond motifs is 1. The molecule has 1 heterocycles. The summed E-state index contributed by atoms with van der Waals surface area (Å²) >= 11 is 12.8. The van der Waals surface area contributed by atoms with Crippen molar-refractivity contribution in [3.8, 4) is 0 Å². The maximum atomic E-state index is 11.0. The van der Waals surface area contributed by atoms with Gasteiger partial charge in [-0.2, -0.15) is 0 Å². The van der Waals surface area contributed by atoms with Crippen LogP contribution >= 0.6 is 23.2 Å². The predicted molar refractivity (Wildman–Crippen MR) is 148 cm³/mol. The summed E-state index contributed by atoms with van der Waals surface area (Å²) in [6.45, 7) is 8.58. The van der Waals surface area contributed by atoms with Gasteiger partial charge < -0.3 is 9.53 Å². The van der Waals surface area contributed by atoms with Gasteiger partial charge >= 0.3 is 0 Å². The Balaban J connectivity index is 1.48. The first-order valence-electron chi connectivity index (χ1n) is 12.4. The standard InChI is InChI=1S/C29H33Cl2NO2Si/c1-29(2,3)35(22-10-6-4-7-11-22,23-12-8-5-9-13-23)34-21-14-15-32(19-21)28-25-16-20(30)17-26(31)24(25)18-27(28)33/h4-13,16-17,21,27-28,33H,14-15,18-19H2,1-3H3/t21?,27-,28-/m1/s1. The molecule has 0 saturated carbocycles. The van der Waals surface area contributed by atoms with Gasteiger partial charge in [-0.05, 0) is 45.1 Å². The molecule has 1 saturated heterocycles. The molecule has 1 aliphatic carbocycles. The van der Waals surface area contributed by atoms with Crippen molar-refractivity contribution in [3.05, 3.63) is 94.0 Å². The van der Waals surface area contributed by atoms with Crippen molar-refractivity contribution in [2.75, 3.05) is 13.1 Å². The van der Waals surface area contributed by atoms with Crippen molar-refractivity contribution in [2.24, 2.45) is 0 Å². The number of nitrogens with zero attached hydrogens (tertiary/aromatic N) is 1. The third-order valence-corrected chi connectivity index (χ3v) is 13.3. The number of benzene rings is 3. The first-order chi connectivity index (χ1) is 16.7. The minimum absolute atomic E-state index is 0.0658. The summed E-state index contributed by atoms with van der Waals surface area (Å²) in [5, 5.41) is 14.8. The highest BCUT2D eigenvalue weighted by molar-refractivity contribution is 6.99. The molecule has 184 valence electrons. The number of aliphatic hydroxyl groups excluding tert-OH is 1. The molecule has 3 aromatic rings. The van der Waals surface area contributed by atoms with Crippen LogP contribution < -0.4 is 10.4 Å². The van der Waals surface area contributed by atoms with E-state index in [0.29, 0.717) is 16.5 Å². The number of hydrogen-bond donors (Lipinski definition) is 1. The van der Waals surface area contributed by atoms with E-state index in [9.17, 15) is 5.11 Å². The van der Waals surface area contributed by atoms with Crippen LogP contribution in [0.1, 0.15) is 44.4 Å². The van der Waals surface area contributed by atoms with Crippen LogP contribution in [0.5, 0.6) is 0 Å². The van der Waals surface area contributed by atoms with Crippen LogP contribution in [0.15, 0.2) is 72.8 Å². The molecule has 5 rings (SSSR count). The summed E-state index contributed by atoms with van der Waals surface area (Å²) in [5.41, 5.74) is 2.08. The Kier molecular flexibility index (Phi) is 6.90. The molecular formula is C29H33Cl2NO2Si. The highest BCUT2D eigenvalue weighted by Crippen LogP contribution is 2.44. The summed E-state index contributed by atoms with van der Waals surface area (Å²) in [6.07, 6.45) is 1.07. The number of likely N-dealkylation sites (tertiary alicyclic amines) is 1. The van der Waals surface area contributed by atoms with Crippen molar-refractivity contribution in [2.45, 2.75) is 56.9 Å². The first-order valence-corrected chi connectivity index (χ1v) is 15.1. The highest BCUT2D eigenvalue weighted by atomic mass is 35.5. The lowest BCUT2D eigenvalue weighted by atomic mass is 10.1. The maximum absolute atomic E-state index is 11.0. The van der Waals surface area contributed by atoms with Crippen LogP contribution in [0.4, 0.5) is 0 Å². The fourth-order valence-corrected chi connectivity index (χ4v) is 11.4. The third-order valence-electron chi connectivity index (χ3n) is 7.62. The number of halogens is 2. The molecule has 3 atom stereocenters. The third kappa shape index (κ3) is 4.50. The van der Waals surface area contributed by atoms with Crippen LogP contribution in [0.25, 0.3) is 0 Å². The quantitative estimate of drug-likeness (QED) is 0.440. The first kappa shape index (κ1) is 25.0. The molecule has 6 heteroatoms. The minimum atomic E-state index is -2.62. The van der Waals surface area contributed by atoms with Crippen LogP contribution in [0.2, 0.25) is 15.1 Å². The second-order valence-electron chi connectivity index (χ2n) is 10.9. The molecular weight excluding hydrogens is 493 g/mol. The van der Waals surface area contributed by atoms with E-state index < -0.39 is 14.4 Å². The zero-order valence-electron chi connectivity index (χ0n) is 20.5. The van der Waals surface area contributed by atoms with Crippen molar-refractivity contribution in [1.29, 1.82) is 0 Å². The molecule has 3 nitrogen and oxygen atoms in total. The van der Waals surface area contributed by atoms with Crippen molar-refractivity contribution >= 4 is 41.9 Å². The molecule has 0 aromatic heterocycles. The van der Waals surface area contributed by atoms with E-state index in [1.165, 1.54) is 10.4 Å². The monoisotopic (exact) mass is 525 g/mol. The molecule has 0 amide bonds. The van der Waals surface area contributed by atoms with Crippen LogP contribution in [-0.4, -0.2) is 43.6 Å². The zero-order chi connectivity index (χ0) is 24.8. The Hall–Kier alpha value is -1.66. The minimum Gasteiger partial charge on any atom is -0.403 e. The second-order valence-corrected chi connectivity index (χ2v) is 16.0. The fraction of sp³-hybridized carbons (Fsp3) is 0.379.